The van der Waals surface area contributed by atoms with Crippen LogP contribution in [0.4, 0.5) is 4.39 Å². The van der Waals surface area contributed by atoms with Gasteiger partial charge in [0, 0.05) is 11.6 Å². The standard InChI is InChI=1S/C24H22FNO3/c1-28-21-14-9-19(10-15-21)24(18-7-12-20(25)13-8-18)26-23(27)16-11-17-5-3-4-6-22(17)29-2/h3-16,24H,1-2H3,(H,26,27). The second kappa shape index (κ2) is 9.55. The number of carbonyl (C=O) groups excluding carboxylic acids is 1. The van der Waals surface area contributed by atoms with Gasteiger partial charge in [-0.2, -0.15) is 0 Å². The first-order chi connectivity index (χ1) is 14.1. The fraction of sp³-hybridized carbons (Fsp3) is 0.125. The molecule has 1 unspecified atom stereocenters. The smallest absolute Gasteiger partial charge is 0.244 e. The molecule has 0 fully saturated rings. The first-order valence-electron chi connectivity index (χ1n) is 9.11. The van der Waals surface area contributed by atoms with E-state index in [1.165, 1.54) is 18.2 Å². The molecule has 0 aliphatic rings. The van der Waals surface area contributed by atoms with E-state index in [-0.39, 0.29) is 11.7 Å². The number of amides is 1. The van der Waals surface area contributed by atoms with Crippen LogP contribution in [0.1, 0.15) is 22.7 Å². The molecular weight excluding hydrogens is 369 g/mol. The average molecular weight is 391 g/mol. The van der Waals surface area contributed by atoms with Gasteiger partial charge in [-0.25, -0.2) is 4.39 Å². The third-order valence-electron chi connectivity index (χ3n) is 4.49. The molecule has 1 amide bonds. The zero-order valence-corrected chi connectivity index (χ0v) is 16.3. The fourth-order valence-electron chi connectivity index (χ4n) is 2.97. The van der Waals surface area contributed by atoms with E-state index in [4.69, 9.17) is 9.47 Å². The minimum absolute atomic E-state index is 0.277. The van der Waals surface area contributed by atoms with Gasteiger partial charge in [0.25, 0.3) is 0 Å². The van der Waals surface area contributed by atoms with Crippen molar-refractivity contribution in [3.05, 3.63) is 101 Å². The first-order valence-corrected chi connectivity index (χ1v) is 9.11. The Kier molecular flexibility index (Phi) is 6.63. The molecule has 0 bridgehead atoms. The Hall–Kier alpha value is -3.60. The maximum Gasteiger partial charge on any atom is 0.244 e. The average Bonchev–Trinajstić information content (AvgIpc) is 2.77. The van der Waals surface area contributed by atoms with Crippen molar-refractivity contribution in [3.8, 4) is 11.5 Å². The van der Waals surface area contributed by atoms with Gasteiger partial charge in [0.15, 0.2) is 0 Å². The van der Waals surface area contributed by atoms with Crippen molar-refractivity contribution in [1.82, 2.24) is 5.32 Å². The molecule has 5 heteroatoms. The highest BCUT2D eigenvalue weighted by atomic mass is 19.1. The fourth-order valence-corrected chi connectivity index (χ4v) is 2.97. The van der Waals surface area contributed by atoms with E-state index >= 15 is 0 Å². The molecule has 0 radical (unpaired) electrons. The number of nitrogens with one attached hydrogen (secondary N) is 1. The molecule has 0 heterocycles. The van der Waals surface area contributed by atoms with E-state index < -0.39 is 6.04 Å². The monoisotopic (exact) mass is 391 g/mol. The van der Waals surface area contributed by atoms with E-state index in [9.17, 15) is 9.18 Å². The largest absolute Gasteiger partial charge is 0.497 e. The molecule has 29 heavy (non-hydrogen) atoms. The van der Waals surface area contributed by atoms with Gasteiger partial charge < -0.3 is 14.8 Å². The Labute approximate surface area is 169 Å². The highest BCUT2D eigenvalue weighted by Crippen LogP contribution is 2.25. The molecule has 1 atom stereocenters. The van der Waals surface area contributed by atoms with E-state index in [1.54, 1.807) is 32.4 Å². The van der Waals surface area contributed by atoms with Gasteiger partial charge in [-0.3, -0.25) is 4.79 Å². The lowest BCUT2D eigenvalue weighted by molar-refractivity contribution is -0.116. The van der Waals surface area contributed by atoms with Gasteiger partial charge in [0.2, 0.25) is 5.91 Å². The lowest BCUT2D eigenvalue weighted by atomic mass is 9.98. The second-order valence-electron chi connectivity index (χ2n) is 6.34. The minimum atomic E-state index is -0.434. The molecule has 148 valence electrons. The number of halogens is 1. The number of benzene rings is 3. The van der Waals surface area contributed by atoms with Crippen molar-refractivity contribution in [2.75, 3.05) is 14.2 Å². The lowest BCUT2D eigenvalue weighted by Crippen LogP contribution is -2.27. The third kappa shape index (κ3) is 5.23. The lowest BCUT2D eigenvalue weighted by Gasteiger charge is -2.19. The van der Waals surface area contributed by atoms with Crippen molar-refractivity contribution in [2.24, 2.45) is 0 Å². The predicted molar refractivity (Wildman–Crippen MR) is 111 cm³/mol. The van der Waals surface area contributed by atoms with Crippen LogP contribution in [0.2, 0.25) is 0 Å². The van der Waals surface area contributed by atoms with E-state index in [1.807, 2.05) is 48.5 Å². The number of ether oxygens (including phenoxy) is 2. The van der Waals surface area contributed by atoms with E-state index in [2.05, 4.69) is 5.32 Å². The molecule has 3 aromatic rings. The normalized spacial score (nSPS) is 11.8. The van der Waals surface area contributed by atoms with Crippen LogP contribution in [0.25, 0.3) is 6.08 Å². The summed E-state index contributed by atoms with van der Waals surface area (Å²) in [4.78, 5) is 12.6. The Bertz CT molecular complexity index is 982. The van der Waals surface area contributed by atoms with Crippen LogP contribution in [0.15, 0.2) is 78.9 Å². The van der Waals surface area contributed by atoms with Crippen LogP contribution >= 0.6 is 0 Å². The summed E-state index contributed by atoms with van der Waals surface area (Å²) >= 11 is 0. The van der Waals surface area contributed by atoms with Gasteiger partial charge in [-0.15, -0.1) is 0 Å². The van der Waals surface area contributed by atoms with Crippen LogP contribution < -0.4 is 14.8 Å². The van der Waals surface area contributed by atoms with E-state index in [0.717, 1.165) is 16.7 Å². The second-order valence-corrected chi connectivity index (χ2v) is 6.34. The molecule has 1 N–H and O–H groups in total. The summed E-state index contributed by atoms with van der Waals surface area (Å²) in [5.41, 5.74) is 2.43. The van der Waals surface area contributed by atoms with Crippen LogP contribution in [-0.4, -0.2) is 20.1 Å². The Balaban J connectivity index is 1.84. The molecular formula is C24H22FNO3. The number of hydrogen-bond donors (Lipinski definition) is 1. The molecule has 0 saturated carbocycles. The van der Waals surface area contributed by atoms with Crippen LogP contribution in [0, 0.1) is 5.82 Å². The topological polar surface area (TPSA) is 47.6 Å². The number of rotatable bonds is 7. The third-order valence-corrected chi connectivity index (χ3v) is 4.49. The summed E-state index contributed by atoms with van der Waals surface area (Å²) < 4.78 is 23.9. The highest BCUT2D eigenvalue weighted by molar-refractivity contribution is 5.92. The van der Waals surface area contributed by atoms with Gasteiger partial charge in [-0.05, 0) is 47.5 Å². The molecule has 4 nitrogen and oxygen atoms in total. The van der Waals surface area contributed by atoms with E-state index in [0.29, 0.717) is 11.5 Å². The maximum atomic E-state index is 13.4. The zero-order valence-electron chi connectivity index (χ0n) is 16.3. The SMILES string of the molecule is COc1ccc(C(NC(=O)C=Cc2ccccc2OC)c2ccc(F)cc2)cc1. The van der Waals surface area contributed by atoms with Crippen molar-refractivity contribution < 1.29 is 18.7 Å². The van der Waals surface area contributed by atoms with Crippen LogP contribution in [0.5, 0.6) is 11.5 Å². The molecule has 0 saturated heterocycles. The summed E-state index contributed by atoms with van der Waals surface area (Å²) in [6.07, 6.45) is 3.15. The number of carbonyl (C=O) groups is 1. The summed E-state index contributed by atoms with van der Waals surface area (Å²) in [6, 6.07) is 20.5. The van der Waals surface area contributed by atoms with Crippen LogP contribution in [-0.2, 0) is 4.79 Å². The molecule has 3 aromatic carbocycles. The Morgan fingerprint density at radius 1 is 0.897 bits per heavy atom. The molecule has 0 spiro atoms. The summed E-state index contributed by atoms with van der Waals surface area (Å²) in [6.45, 7) is 0. The summed E-state index contributed by atoms with van der Waals surface area (Å²) in [7, 11) is 3.18. The van der Waals surface area contributed by atoms with Crippen LogP contribution in [0.3, 0.4) is 0 Å². The van der Waals surface area contributed by atoms with Crippen molar-refractivity contribution in [1.29, 1.82) is 0 Å². The molecule has 3 rings (SSSR count). The number of para-hydroxylation sites is 1. The highest BCUT2D eigenvalue weighted by Gasteiger charge is 2.16. The maximum absolute atomic E-state index is 13.4. The summed E-state index contributed by atoms with van der Waals surface area (Å²) in [5.74, 6) is 0.793. The Morgan fingerprint density at radius 2 is 1.52 bits per heavy atom. The van der Waals surface area contributed by atoms with Gasteiger partial charge in [0.1, 0.15) is 17.3 Å². The van der Waals surface area contributed by atoms with Crippen molar-refractivity contribution in [3.63, 3.8) is 0 Å². The number of hydrogen-bond acceptors (Lipinski definition) is 3. The van der Waals surface area contributed by atoms with Gasteiger partial charge >= 0.3 is 0 Å². The zero-order chi connectivity index (χ0) is 20.6. The first kappa shape index (κ1) is 20.1. The molecule has 0 aromatic heterocycles. The number of methoxy groups -OCH3 is 2. The molecule has 0 aliphatic heterocycles. The predicted octanol–water partition coefficient (Wildman–Crippen LogP) is 4.76. The van der Waals surface area contributed by atoms with Crippen molar-refractivity contribution >= 4 is 12.0 Å². The van der Waals surface area contributed by atoms with Gasteiger partial charge in [-0.1, -0.05) is 42.5 Å². The Morgan fingerprint density at radius 3 is 2.14 bits per heavy atom. The summed E-state index contributed by atoms with van der Waals surface area (Å²) in [5, 5.41) is 2.98. The minimum Gasteiger partial charge on any atom is -0.497 e. The van der Waals surface area contributed by atoms with Gasteiger partial charge in [0.05, 0.1) is 20.3 Å². The molecule has 0 aliphatic carbocycles. The quantitative estimate of drug-likeness (QED) is 0.591. The van der Waals surface area contributed by atoms with Crippen molar-refractivity contribution in [2.45, 2.75) is 6.04 Å².